The molecule has 0 aromatic heterocycles. The summed E-state index contributed by atoms with van der Waals surface area (Å²) in [5, 5.41) is 11.8. The first-order valence-corrected chi connectivity index (χ1v) is 6.71. The number of hydrogen-bond acceptors (Lipinski definition) is 2. The standard InChI is InChI=1S/C13H21NO2/c15-6-2-1-3-10(16)14-13-11-8-4-5-9(7-8)12(11)13/h8-9,11-13,15H,1-7H2,(H,14,16). The van der Waals surface area contributed by atoms with Crippen LogP contribution in [0.2, 0.25) is 0 Å². The fourth-order valence-electron chi connectivity index (χ4n) is 4.17. The SMILES string of the molecule is O=C(CCCCO)NC1C2C3CCC(C3)C12. The molecule has 3 saturated carbocycles. The molecule has 16 heavy (non-hydrogen) atoms. The zero-order valence-electron chi connectivity index (χ0n) is 9.69. The van der Waals surface area contributed by atoms with Crippen molar-refractivity contribution in [3.63, 3.8) is 0 Å². The zero-order chi connectivity index (χ0) is 11.1. The van der Waals surface area contributed by atoms with Crippen LogP contribution in [0.4, 0.5) is 0 Å². The number of nitrogens with one attached hydrogen (secondary N) is 1. The Kier molecular flexibility index (Phi) is 2.66. The van der Waals surface area contributed by atoms with Gasteiger partial charge in [0.25, 0.3) is 0 Å². The molecule has 2 N–H and O–H groups in total. The van der Waals surface area contributed by atoms with Gasteiger partial charge in [0.2, 0.25) is 5.91 Å². The summed E-state index contributed by atoms with van der Waals surface area (Å²) < 4.78 is 0. The summed E-state index contributed by atoms with van der Waals surface area (Å²) in [6.07, 6.45) is 6.40. The lowest BCUT2D eigenvalue weighted by molar-refractivity contribution is -0.121. The molecule has 3 fully saturated rings. The molecule has 3 aliphatic carbocycles. The van der Waals surface area contributed by atoms with Crippen molar-refractivity contribution in [2.45, 2.75) is 44.6 Å². The number of unbranched alkanes of at least 4 members (excludes halogenated alkanes) is 1. The lowest BCUT2D eigenvalue weighted by Gasteiger charge is -2.10. The van der Waals surface area contributed by atoms with Gasteiger partial charge in [-0.2, -0.15) is 0 Å². The summed E-state index contributed by atoms with van der Waals surface area (Å²) in [5.74, 6) is 3.73. The summed E-state index contributed by atoms with van der Waals surface area (Å²) in [7, 11) is 0. The van der Waals surface area contributed by atoms with Crippen molar-refractivity contribution < 1.29 is 9.90 Å². The lowest BCUT2D eigenvalue weighted by Crippen LogP contribution is -2.29. The summed E-state index contributed by atoms with van der Waals surface area (Å²) in [6.45, 7) is 0.201. The third-order valence-corrected chi connectivity index (χ3v) is 4.87. The van der Waals surface area contributed by atoms with E-state index in [0.29, 0.717) is 12.5 Å². The lowest BCUT2D eigenvalue weighted by atomic mass is 10.0. The van der Waals surface area contributed by atoms with E-state index >= 15 is 0 Å². The maximum atomic E-state index is 11.6. The normalized spacial score (nSPS) is 43.2. The molecule has 0 aromatic rings. The van der Waals surface area contributed by atoms with E-state index in [2.05, 4.69) is 5.32 Å². The average Bonchev–Trinajstić information content (AvgIpc) is 2.70. The quantitative estimate of drug-likeness (QED) is 0.690. The molecule has 0 radical (unpaired) electrons. The summed E-state index contributed by atoms with van der Waals surface area (Å²) in [5.41, 5.74) is 0. The van der Waals surface area contributed by atoms with Crippen LogP contribution in [0.15, 0.2) is 0 Å². The highest BCUT2D eigenvalue weighted by molar-refractivity contribution is 5.76. The van der Waals surface area contributed by atoms with Crippen LogP contribution in [0.1, 0.15) is 38.5 Å². The first-order valence-electron chi connectivity index (χ1n) is 6.71. The molecule has 0 aliphatic heterocycles. The van der Waals surface area contributed by atoms with Gasteiger partial charge in [0.1, 0.15) is 0 Å². The summed E-state index contributed by atoms with van der Waals surface area (Å²) in [6, 6.07) is 0.521. The Balaban J connectivity index is 1.43. The Morgan fingerprint density at radius 1 is 1.19 bits per heavy atom. The van der Waals surface area contributed by atoms with Crippen LogP contribution in [0, 0.1) is 23.7 Å². The molecule has 4 atom stereocenters. The van der Waals surface area contributed by atoms with E-state index in [9.17, 15) is 4.79 Å². The summed E-state index contributed by atoms with van der Waals surface area (Å²) in [4.78, 5) is 11.6. The van der Waals surface area contributed by atoms with Crippen molar-refractivity contribution in [2.75, 3.05) is 6.61 Å². The van der Waals surface area contributed by atoms with Crippen LogP contribution >= 0.6 is 0 Å². The molecule has 90 valence electrons. The van der Waals surface area contributed by atoms with Crippen molar-refractivity contribution in [3.05, 3.63) is 0 Å². The molecule has 3 rings (SSSR count). The van der Waals surface area contributed by atoms with Crippen molar-refractivity contribution in [1.29, 1.82) is 0 Å². The van der Waals surface area contributed by atoms with E-state index < -0.39 is 0 Å². The minimum absolute atomic E-state index is 0.201. The third kappa shape index (κ3) is 1.65. The first kappa shape index (κ1) is 10.6. The molecule has 4 unspecified atom stereocenters. The van der Waals surface area contributed by atoms with Crippen molar-refractivity contribution in [3.8, 4) is 0 Å². The third-order valence-electron chi connectivity index (χ3n) is 4.87. The fraction of sp³-hybridized carbons (Fsp3) is 0.923. The van der Waals surface area contributed by atoms with Crippen molar-refractivity contribution >= 4 is 5.91 Å². The predicted octanol–water partition coefficient (Wildman–Crippen LogP) is 1.31. The smallest absolute Gasteiger partial charge is 0.220 e. The topological polar surface area (TPSA) is 49.3 Å². The van der Waals surface area contributed by atoms with Gasteiger partial charge in [-0.15, -0.1) is 0 Å². The van der Waals surface area contributed by atoms with Crippen molar-refractivity contribution in [1.82, 2.24) is 5.32 Å². The number of hydrogen-bond donors (Lipinski definition) is 2. The largest absolute Gasteiger partial charge is 0.396 e. The highest BCUT2D eigenvalue weighted by Gasteiger charge is 2.65. The highest BCUT2D eigenvalue weighted by atomic mass is 16.2. The highest BCUT2D eigenvalue weighted by Crippen LogP contribution is 2.65. The van der Waals surface area contributed by atoms with Crippen LogP contribution in [0.25, 0.3) is 0 Å². The Morgan fingerprint density at radius 2 is 1.88 bits per heavy atom. The van der Waals surface area contributed by atoms with Crippen LogP contribution in [0.5, 0.6) is 0 Å². The van der Waals surface area contributed by atoms with Gasteiger partial charge < -0.3 is 10.4 Å². The number of carbonyl (C=O) groups excluding carboxylic acids is 1. The second-order valence-corrected chi connectivity index (χ2v) is 5.76. The van der Waals surface area contributed by atoms with Gasteiger partial charge in [-0.25, -0.2) is 0 Å². The van der Waals surface area contributed by atoms with Crippen LogP contribution in [-0.4, -0.2) is 23.7 Å². The van der Waals surface area contributed by atoms with Gasteiger partial charge in [0.05, 0.1) is 0 Å². The Hall–Kier alpha value is -0.570. The van der Waals surface area contributed by atoms with Gasteiger partial charge in [0, 0.05) is 19.1 Å². The Morgan fingerprint density at radius 3 is 2.50 bits per heavy atom. The second-order valence-electron chi connectivity index (χ2n) is 5.76. The minimum Gasteiger partial charge on any atom is -0.396 e. The number of amides is 1. The molecule has 3 aliphatic rings. The monoisotopic (exact) mass is 223 g/mol. The van der Waals surface area contributed by atoms with E-state index in [1.807, 2.05) is 0 Å². The van der Waals surface area contributed by atoms with Gasteiger partial charge in [0.15, 0.2) is 0 Å². The summed E-state index contributed by atoms with van der Waals surface area (Å²) >= 11 is 0. The van der Waals surface area contributed by atoms with E-state index in [1.54, 1.807) is 0 Å². The van der Waals surface area contributed by atoms with Crippen LogP contribution < -0.4 is 5.32 Å². The molecule has 0 aromatic carbocycles. The minimum atomic E-state index is 0.201. The molecule has 3 nitrogen and oxygen atoms in total. The number of aliphatic hydroxyl groups is 1. The van der Waals surface area contributed by atoms with Gasteiger partial charge in [-0.05, 0) is 55.8 Å². The second kappa shape index (κ2) is 4.02. The molecular weight excluding hydrogens is 202 g/mol. The number of aliphatic hydroxyl groups excluding tert-OH is 1. The zero-order valence-corrected chi connectivity index (χ0v) is 9.69. The van der Waals surface area contributed by atoms with Crippen LogP contribution in [0.3, 0.4) is 0 Å². The molecule has 0 heterocycles. The van der Waals surface area contributed by atoms with Gasteiger partial charge in [-0.1, -0.05) is 0 Å². The molecule has 2 bridgehead atoms. The van der Waals surface area contributed by atoms with Gasteiger partial charge in [-0.3, -0.25) is 4.79 Å². The average molecular weight is 223 g/mol. The molecule has 0 saturated heterocycles. The van der Waals surface area contributed by atoms with Crippen molar-refractivity contribution in [2.24, 2.45) is 23.7 Å². The Labute approximate surface area is 96.6 Å². The van der Waals surface area contributed by atoms with E-state index in [4.69, 9.17) is 5.11 Å². The van der Waals surface area contributed by atoms with E-state index in [1.165, 1.54) is 19.3 Å². The first-order chi connectivity index (χ1) is 7.81. The number of fused-ring (bicyclic) bond motifs is 5. The Bertz CT molecular complexity index is 276. The van der Waals surface area contributed by atoms with Gasteiger partial charge >= 0.3 is 0 Å². The van der Waals surface area contributed by atoms with E-state index in [-0.39, 0.29) is 12.5 Å². The molecule has 3 heteroatoms. The molecule has 0 spiro atoms. The molecule has 1 amide bonds. The molecular formula is C13H21NO2. The number of carbonyl (C=O) groups is 1. The number of rotatable bonds is 5. The van der Waals surface area contributed by atoms with Crippen LogP contribution in [-0.2, 0) is 4.79 Å². The maximum Gasteiger partial charge on any atom is 0.220 e. The fourth-order valence-corrected chi connectivity index (χ4v) is 4.17. The predicted molar refractivity (Wildman–Crippen MR) is 60.7 cm³/mol. The maximum absolute atomic E-state index is 11.6. The van der Waals surface area contributed by atoms with E-state index in [0.717, 1.165) is 36.5 Å².